The van der Waals surface area contributed by atoms with Crippen LogP contribution in [0.3, 0.4) is 0 Å². The van der Waals surface area contributed by atoms with Crippen LogP contribution in [0.2, 0.25) is 0 Å². The molecule has 0 bridgehead atoms. The SMILES string of the molecule is Cc1ccc(-c2cccc(CNC(=O)CCc3ccc4c(c3)OCO4)c2)cc1. The quantitative estimate of drug-likeness (QED) is 0.685. The molecule has 3 aromatic rings. The summed E-state index contributed by atoms with van der Waals surface area (Å²) in [6, 6.07) is 22.6. The van der Waals surface area contributed by atoms with Crippen molar-refractivity contribution >= 4 is 5.91 Å². The molecule has 1 amide bonds. The van der Waals surface area contributed by atoms with Crippen LogP contribution >= 0.6 is 0 Å². The van der Waals surface area contributed by atoms with Crippen molar-refractivity contribution in [3.05, 3.63) is 83.4 Å². The molecule has 0 saturated heterocycles. The summed E-state index contributed by atoms with van der Waals surface area (Å²) in [6.07, 6.45) is 1.11. The van der Waals surface area contributed by atoms with Gasteiger partial charge in [0.15, 0.2) is 11.5 Å². The van der Waals surface area contributed by atoms with Crippen molar-refractivity contribution < 1.29 is 14.3 Å². The van der Waals surface area contributed by atoms with Crippen LogP contribution in [0.25, 0.3) is 11.1 Å². The van der Waals surface area contributed by atoms with E-state index in [1.54, 1.807) is 0 Å². The summed E-state index contributed by atoms with van der Waals surface area (Å²) in [4.78, 5) is 12.2. The molecule has 4 rings (SSSR count). The van der Waals surface area contributed by atoms with Crippen molar-refractivity contribution in [2.24, 2.45) is 0 Å². The van der Waals surface area contributed by atoms with E-state index in [-0.39, 0.29) is 12.7 Å². The van der Waals surface area contributed by atoms with Gasteiger partial charge >= 0.3 is 0 Å². The van der Waals surface area contributed by atoms with Gasteiger partial charge in [-0.2, -0.15) is 0 Å². The zero-order chi connectivity index (χ0) is 19.3. The first-order chi connectivity index (χ1) is 13.7. The molecule has 0 atom stereocenters. The van der Waals surface area contributed by atoms with E-state index in [2.05, 4.69) is 48.6 Å². The highest BCUT2D eigenvalue weighted by molar-refractivity contribution is 5.76. The van der Waals surface area contributed by atoms with Gasteiger partial charge < -0.3 is 14.8 Å². The molecule has 1 aliphatic rings. The Bertz CT molecular complexity index is 979. The smallest absolute Gasteiger partial charge is 0.231 e. The molecule has 28 heavy (non-hydrogen) atoms. The highest BCUT2D eigenvalue weighted by Gasteiger charge is 2.13. The standard InChI is InChI=1S/C24H23NO3/c1-17-5-9-20(10-6-17)21-4-2-3-19(13-21)15-25-24(26)12-8-18-7-11-22-23(14-18)28-16-27-22/h2-7,9-11,13-14H,8,12,15-16H2,1H3,(H,25,26). The van der Waals surface area contributed by atoms with Gasteiger partial charge in [0.05, 0.1) is 0 Å². The summed E-state index contributed by atoms with van der Waals surface area (Å²) in [5.74, 6) is 1.56. The second-order valence-corrected chi connectivity index (χ2v) is 7.03. The van der Waals surface area contributed by atoms with Gasteiger partial charge in [0.25, 0.3) is 0 Å². The van der Waals surface area contributed by atoms with Crippen LogP contribution < -0.4 is 14.8 Å². The molecule has 0 aliphatic carbocycles. The molecular formula is C24H23NO3. The Morgan fingerprint density at radius 2 is 1.71 bits per heavy atom. The van der Waals surface area contributed by atoms with Crippen molar-refractivity contribution in [3.8, 4) is 22.6 Å². The summed E-state index contributed by atoms with van der Waals surface area (Å²) in [5, 5.41) is 3.01. The molecule has 0 aromatic heterocycles. The highest BCUT2D eigenvalue weighted by atomic mass is 16.7. The zero-order valence-corrected chi connectivity index (χ0v) is 15.9. The molecule has 4 nitrogen and oxygen atoms in total. The number of fused-ring (bicyclic) bond motifs is 1. The number of carbonyl (C=O) groups excluding carboxylic acids is 1. The Balaban J connectivity index is 1.31. The normalized spacial score (nSPS) is 12.0. The zero-order valence-electron chi connectivity index (χ0n) is 15.9. The predicted molar refractivity (Wildman–Crippen MR) is 109 cm³/mol. The lowest BCUT2D eigenvalue weighted by molar-refractivity contribution is -0.121. The molecule has 0 radical (unpaired) electrons. The Kier molecular flexibility index (Phi) is 5.29. The van der Waals surface area contributed by atoms with Gasteiger partial charge in [-0.3, -0.25) is 4.79 Å². The van der Waals surface area contributed by atoms with Gasteiger partial charge in [-0.25, -0.2) is 0 Å². The number of nitrogens with one attached hydrogen (secondary N) is 1. The fourth-order valence-electron chi connectivity index (χ4n) is 3.25. The van der Waals surface area contributed by atoms with Crippen LogP contribution in [-0.2, 0) is 17.8 Å². The van der Waals surface area contributed by atoms with Gasteiger partial charge in [-0.15, -0.1) is 0 Å². The minimum absolute atomic E-state index is 0.0402. The number of ether oxygens (including phenoxy) is 2. The number of hydrogen-bond donors (Lipinski definition) is 1. The Hall–Kier alpha value is -3.27. The minimum atomic E-state index is 0.0402. The molecule has 0 unspecified atom stereocenters. The van der Waals surface area contributed by atoms with Crippen LogP contribution in [0.15, 0.2) is 66.7 Å². The lowest BCUT2D eigenvalue weighted by Crippen LogP contribution is -2.23. The van der Waals surface area contributed by atoms with Crippen molar-refractivity contribution in [2.75, 3.05) is 6.79 Å². The Morgan fingerprint density at radius 3 is 2.57 bits per heavy atom. The van der Waals surface area contributed by atoms with Crippen LogP contribution in [0, 0.1) is 6.92 Å². The van der Waals surface area contributed by atoms with Gasteiger partial charge in [0.1, 0.15) is 0 Å². The third-order valence-corrected chi connectivity index (χ3v) is 4.88. The predicted octanol–water partition coefficient (Wildman–Crippen LogP) is 4.64. The summed E-state index contributed by atoms with van der Waals surface area (Å²) in [6.45, 7) is 2.87. The molecular weight excluding hydrogens is 350 g/mol. The van der Waals surface area contributed by atoms with Gasteiger partial charge in [0.2, 0.25) is 12.7 Å². The average molecular weight is 373 g/mol. The molecule has 0 saturated carbocycles. The van der Waals surface area contributed by atoms with E-state index in [4.69, 9.17) is 9.47 Å². The molecule has 142 valence electrons. The maximum absolute atomic E-state index is 12.2. The van der Waals surface area contributed by atoms with Crippen LogP contribution in [0.5, 0.6) is 11.5 Å². The largest absolute Gasteiger partial charge is 0.454 e. The van der Waals surface area contributed by atoms with E-state index in [1.807, 2.05) is 30.3 Å². The third-order valence-electron chi connectivity index (χ3n) is 4.88. The Morgan fingerprint density at radius 1 is 0.893 bits per heavy atom. The Labute approximate surface area is 165 Å². The maximum atomic E-state index is 12.2. The summed E-state index contributed by atoms with van der Waals surface area (Å²) >= 11 is 0. The topological polar surface area (TPSA) is 47.6 Å². The van der Waals surface area contributed by atoms with E-state index >= 15 is 0 Å². The second-order valence-electron chi connectivity index (χ2n) is 7.03. The number of rotatable bonds is 6. The maximum Gasteiger partial charge on any atom is 0.231 e. The first kappa shape index (κ1) is 18.1. The highest BCUT2D eigenvalue weighted by Crippen LogP contribution is 2.32. The fourth-order valence-corrected chi connectivity index (χ4v) is 3.25. The van der Waals surface area contributed by atoms with Crippen molar-refractivity contribution in [3.63, 3.8) is 0 Å². The lowest BCUT2D eigenvalue weighted by atomic mass is 10.0. The van der Waals surface area contributed by atoms with Gasteiger partial charge in [-0.05, 0) is 53.8 Å². The summed E-state index contributed by atoms with van der Waals surface area (Å²) in [5.41, 5.74) is 5.75. The minimum Gasteiger partial charge on any atom is -0.454 e. The first-order valence-electron chi connectivity index (χ1n) is 9.48. The lowest BCUT2D eigenvalue weighted by Gasteiger charge is -2.08. The number of amides is 1. The first-order valence-corrected chi connectivity index (χ1v) is 9.48. The number of hydrogen-bond acceptors (Lipinski definition) is 3. The van der Waals surface area contributed by atoms with Crippen LogP contribution in [-0.4, -0.2) is 12.7 Å². The molecule has 4 heteroatoms. The fraction of sp³-hybridized carbons (Fsp3) is 0.208. The molecule has 1 aliphatic heterocycles. The molecule has 0 fully saturated rings. The van der Waals surface area contributed by atoms with E-state index in [9.17, 15) is 4.79 Å². The molecule has 3 aromatic carbocycles. The molecule has 1 heterocycles. The molecule has 0 spiro atoms. The van der Waals surface area contributed by atoms with Gasteiger partial charge in [-0.1, -0.05) is 54.1 Å². The summed E-state index contributed by atoms with van der Waals surface area (Å²) < 4.78 is 10.7. The van der Waals surface area contributed by atoms with E-state index < -0.39 is 0 Å². The van der Waals surface area contributed by atoms with Crippen molar-refractivity contribution in [1.82, 2.24) is 5.32 Å². The van der Waals surface area contributed by atoms with E-state index in [0.717, 1.165) is 28.2 Å². The van der Waals surface area contributed by atoms with E-state index in [0.29, 0.717) is 19.4 Å². The molecule has 1 N–H and O–H groups in total. The number of aryl methyl sites for hydroxylation is 2. The van der Waals surface area contributed by atoms with Crippen LogP contribution in [0.4, 0.5) is 0 Å². The number of benzene rings is 3. The van der Waals surface area contributed by atoms with Crippen LogP contribution in [0.1, 0.15) is 23.1 Å². The average Bonchev–Trinajstić information content (AvgIpc) is 3.19. The summed E-state index contributed by atoms with van der Waals surface area (Å²) in [7, 11) is 0. The monoisotopic (exact) mass is 373 g/mol. The van der Waals surface area contributed by atoms with Gasteiger partial charge in [0, 0.05) is 13.0 Å². The third kappa shape index (κ3) is 4.34. The van der Waals surface area contributed by atoms with Crippen molar-refractivity contribution in [2.45, 2.75) is 26.3 Å². The number of carbonyl (C=O) groups is 1. The second kappa shape index (κ2) is 8.17. The van der Waals surface area contributed by atoms with E-state index in [1.165, 1.54) is 11.1 Å². The van der Waals surface area contributed by atoms with Crippen molar-refractivity contribution in [1.29, 1.82) is 0 Å².